The van der Waals surface area contributed by atoms with Crippen LogP contribution in [0.3, 0.4) is 0 Å². The van der Waals surface area contributed by atoms with Gasteiger partial charge in [-0.05, 0) is 36.2 Å². The van der Waals surface area contributed by atoms with Crippen LogP contribution in [0.15, 0.2) is 23.8 Å². The molecule has 2 atom stereocenters. The van der Waals surface area contributed by atoms with Crippen molar-refractivity contribution in [2.24, 2.45) is 17.3 Å². The Morgan fingerprint density at radius 1 is 1.41 bits per heavy atom. The molecule has 0 saturated heterocycles. The average Bonchev–Trinajstić information content (AvgIpc) is 2.14. The first kappa shape index (κ1) is 14.0. The Hall–Kier alpha value is -1.05. The van der Waals surface area contributed by atoms with Gasteiger partial charge in [-0.15, -0.1) is 0 Å². The minimum Gasteiger partial charge on any atom is -0.478 e. The smallest absolute Gasteiger partial charge is 0.328 e. The molecule has 1 saturated carbocycles. The first-order valence-corrected chi connectivity index (χ1v) is 6.42. The fourth-order valence-corrected chi connectivity index (χ4v) is 2.94. The molecule has 0 bridgehead atoms. The number of hydrogen-bond donors (Lipinski definition) is 1. The van der Waals surface area contributed by atoms with E-state index in [9.17, 15) is 4.79 Å². The summed E-state index contributed by atoms with van der Waals surface area (Å²) in [6, 6.07) is 0. The van der Waals surface area contributed by atoms with Crippen LogP contribution >= 0.6 is 0 Å². The summed E-state index contributed by atoms with van der Waals surface area (Å²) in [5.41, 5.74) is 1.14. The third-order valence-electron chi connectivity index (χ3n) is 3.91. The molecule has 0 aromatic rings. The average molecular weight is 236 g/mol. The lowest BCUT2D eigenvalue weighted by Gasteiger charge is -2.41. The summed E-state index contributed by atoms with van der Waals surface area (Å²) in [7, 11) is 0. The van der Waals surface area contributed by atoms with Crippen molar-refractivity contribution in [3.63, 3.8) is 0 Å². The van der Waals surface area contributed by atoms with Crippen LogP contribution in [0.1, 0.15) is 47.0 Å². The Morgan fingerprint density at radius 3 is 2.59 bits per heavy atom. The van der Waals surface area contributed by atoms with Crippen LogP contribution in [-0.2, 0) is 4.79 Å². The molecule has 0 heterocycles. The molecule has 1 fully saturated rings. The number of hydrogen-bond acceptors (Lipinski definition) is 1. The molecule has 0 aromatic heterocycles. The molecule has 17 heavy (non-hydrogen) atoms. The monoisotopic (exact) mass is 236 g/mol. The van der Waals surface area contributed by atoms with Gasteiger partial charge in [-0.25, -0.2) is 4.79 Å². The van der Waals surface area contributed by atoms with E-state index < -0.39 is 5.97 Å². The molecule has 0 radical (unpaired) electrons. The highest BCUT2D eigenvalue weighted by molar-refractivity contribution is 5.81. The van der Waals surface area contributed by atoms with Crippen LogP contribution < -0.4 is 0 Å². The second kappa shape index (κ2) is 5.52. The molecule has 1 rings (SSSR count). The molecule has 1 aliphatic carbocycles. The van der Waals surface area contributed by atoms with Gasteiger partial charge >= 0.3 is 5.97 Å². The van der Waals surface area contributed by atoms with E-state index in [1.165, 1.54) is 25.3 Å². The van der Waals surface area contributed by atoms with Crippen molar-refractivity contribution in [1.82, 2.24) is 0 Å². The normalized spacial score (nSPS) is 29.5. The molecule has 1 N–H and O–H groups in total. The SMILES string of the molecule is CC(/C=C/[C@@H]1[C@H](C)CCCC1(C)C)=C\C(=O)O. The molecule has 0 aliphatic heterocycles. The Kier molecular flexibility index (Phi) is 4.55. The number of carboxylic acid groups (broad SMARTS) is 1. The van der Waals surface area contributed by atoms with Crippen molar-refractivity contribution in [2.45, 2.75) is 47.0 Å². The first-order valence-electron chi connectivity index (χ1n) is 6.42. The predicted molar refractivity (Wildman–Crippen MR) is 70.8 cm³/mol. The lowest BCUT2D eigenvalue weighted by atomic mass is 9.64. The second-order valence-corrected chi connectivity index (χ2v) is 5.97. The van der Waals surface area contributed by atoms with Gasteiger partial charge in [0.1, 0.15) is 0 Å². The zero-order valence-electron chi connectivity index (χ0n) is 11.4. The van der Waals surface area contributed by atoms with Gasteiger partial charge in [0.2, 0.25) is 0 Å². The Balaban J connectivity index is 2.77. The fraction of sp³-hybridized carbons (Fsp3) is 0.667. The molecule has 0 spiro atoms. The van der Waals surface area contributed by atoms with Crippen LogP contribution in [-0.4, -0.2) is 11.1 Å². The van der Waals surface area contributed by atoms with Crippen LogP contribution in [0.25, 0.3) is 0 Å². The minimum absolute atomic E-state index is 0.331. The topological polar surface area (TPSA) is 37.3 Å². The molecule has 96 valence electrons. The Bertz CT molecular complexity index is 337. The molecule has 0 unspecified atom stereocenters. The third-order valence-corrected chi connectivity index (χ3v) is 3.91. The van der Waals surface area contributed by atoms with E-state index in [4.69, 9.17) is 5.11 Å². The highest BCUT2D eigenvalue weighted by atomic mass is 16.4. The summed E-state index contributed by atoms with van der Waals surface area (Å²) < 4.78 is 0. The van der Waals surface area contributed by atoms with E-state index >= 15 is 0 Å². The van der Waals surface area contributed by atoms with Crippen molar-refractivity contribution in [1.29, 1.82) is 0 Å². The summed E-state index contributed by atoms with van der Waals surface area (Å²) in [6.07, 6.45) is 9.27. The Labute approximate surface area is 104 Å². The molecule has 1 aliphatic rings. The zero-order valence-corrected chi connectivity index (χ0v) is 11.4. The van der Waals surface area contributed by atoms with Crippen molar-refractivity contribution in [2.75, 3.05) is 0 Å². The Morgan fingerprint density at radius 2 is 2.06 bits per heavy atom. The van der Waals surface area contributed by atoms with Crippen molar-refractivity contribution >= 4 is 5.97 Å². The van der Waals surface area contributed by atoms with Gasteiger partial charge in [0, 0.05) is 6.08 Å². The zero-order chi connectivity index (χ0) is 13.1. The summed E-state index contributed by atoms with van der Waals surface area (Å²) in [5, 5.41) is 8.67. The molecule has 0 aromatic carbocycles. The fourth-order valence-electron chi connectivity index (χ4n) is 2.94. The standard InChI is InChI=1S/C15H24O2/c1-11(10-14(16)17)7-8-13-12(2)6-5-9-15(13,3)4/h7-8,10,12-13H,5-6,9H2,1-4H3,(H,16,17)/b8-7+,11-10+/t12-,13-/m1/s1. The molecular weight excluding hydrogens is 212 g/mol. The second-order valence-electron chi connectivity index (χ2n) is 5.97. The van der Waals surface area contributed by atoms with E-state index in [-0.39, 0.29) is 0 Å². The van der Waals surface area contributed by atoms with E-state index in [0.717, 1.165) is 5.57 Å². The largest absolute Gasteiger partial charge is 0.478 e. The first-order chi connectivity index (χ1) is 7.83. The van der Waals surface area contributed by atoms with Crippen LogP contribution in [0.4, 0.5) is 0 Å². The summed E-state index contributed by atoms with van der Waals surface area (Å²) in [6.45, 7) is 8.76. The van der Waals surface area contributed by atoms with Gasteiger partial charge < -0.3 is 5.11 Å². The van der Waals surface area contributed by atoms with E-state index in [1.807, 2.05) is 13.0 Å². The maximum Gasteiger partial charge on any atom is 0.328 e. The number of rotatable bonds is 3. The lowest BCUT2D eigenvalue weighted by Crippen LogP contribution is -2.32. The maximum atomic E-state index is 10.5. The summed E-state index contributed by atoms with van der Waals surface area (Å²) in [4.78, 5) is 10.5. The van der Waals surface area contributed by atoms with E-state index in [0.29, 0.717) is 17.3 Å². The van der Waals surface area contributed by atoms with Crippen LogP contribution in [0.2, 0.25) is 0 Å². The van der Waals surface area contributed by atoms with Gasteiger partial charge in [0.15, 0.2) is 0 Å². The van der Waals surface area contributed by atoms with Crippen LogP contribution in [0, 0.1) is 17.3 Å². The highest BCUT2D eigenvalue weighted by Crippen LogP contribution is 2.44. The van der Waals surface area contributed by atoms with Gasteiger partial charge in [0.25, 0.3) is 0 Å². The van der Waals surface area contributed by atoms with E-state index in [2.05, 4.69) is 26.8 Å². The van der Waals surface area contributed by atoms with Gasteiger partial charge in [0.05, 0.1) is 0 Å². The molecule has 0 amide bonds. The quantitative estimate of drug-likeness (QED) is 0.593. The summed E-state index contributed by atoms with van der Waals surface area (Å²) in [5.74, 6) is 0.365. The molecule has 2 heteroatoms. The number of carboxylic acids is 1. The predicted octanol–water partition coefficient (Wildman–Crippen LogP) is 4.04. The van der Waals surface area contributed by atoms with Crippen molar-refractivity contribution in [3.05, 3.63) is 23.8 Å². The van der Waals surface area contributed by atoms with Gasteiger partial charge in [-0.3, -0.25) is 0 Å². The molecule has 2 nitrogen and oxygen atoms in total. The van der Waals surface area contributed by atoms with Crippen molar-refractivity contribution < 1.29 is 9.90 Å². The summed E-state index contributed by atoms with van der Waals surface area (Å²) >= 11 is 0. The molecular formula is C15H24O2. The van der Waals surface area contributed by atoms with E-state index in [1.54, 1.807) is 0 Å². The maximum absolute atomic E-state index is 10.5. The highest BCUT2D eigenvalue weighted by Gasteiger charge is 2.34. The number of aliphatic carboxylic acids is 1. The van der Waals surface area contributed by atoms with Crippen LogP contribution in [0.5, 0.6) is 0 Å². The van der Waals surface area contributed by atoms with Crippen molar-refractivity contribution in [3.8, 4) is 0 Å². The van der Waals surface area contributed by atoms with Gasteiger partial charge in [-0.1, -0.05) is 45.8 Å². The number of allylic oxidation sites excluding steroid dienone is 3. The lowest BCUT2D eigenvalue weighted by molar-refractivity contribution is -0.131. The number of carbonyl (C=O) groups is 1. The van der Waals surface area contributed by atoms with Gasteiger partial charge in [-0.2, -0.15) is 0 Å². The minimum atomic E-state index is -0.872. The third kappa shape index (κ3) is 4.03.